The van der Waals surface area contributed by atoms with E-state index in [2.05, 4.69) is 32.9 Å². The molecule has 2 heterocycles. The Morgan fingerprint density at radius 1 is 1.15 bits per heavy atom. The average molecular weight is 585 g/mol. The Kier molecular flexibility index (Phi) is 6.76. The first-order chi connectivity index (χ1) is 15.4. The summed E-state index contributed by atoms with van der Waals surface area (Å²) in [5.41, 5.74) is -0.119. The fraction of sp³-hybridized carbons (Fsp3) is 0.458. The molecule has 2 aromatic heterocycles. The highest BCUT2D eigenvalue weighted by atomic mass is 127. The van der Waals surface area contributed by atoms with Crippen molar-refractivity contribution >= 4 is 55.7 Å². The van der Waals surface area contributed by atoms with Crippen LogP contribution in [0.4, 0.5) is 14.5 Å². The highest BCUT2D eigenvalue weighted by molar-refractivity contribution is 14.1. The van der Waals surface area contributed by atoms with Crippen molar-refractivity contribution in [2.24, 2.45) is 0 Å². The van der Waals surface area contributed by atoms with Gasteiger partial charge in [-0.05, 0) is 63.8 Å². The largest absolute Gasteiger partial charge is 0.386 e. The maximum absolute atomic E-state index is 13.7. The van der Waals surface area contributed by atoms with Gasteiger partial charge in [-0.3, -0.25) is 4.79 Å². The third kappa shape index (κ3) is 5.51. The minimum Gasteiger partial charge on any atom is -0.386 e. The smallest absolute Gasteiger partial charge is 0.287 e. The summed E-state index contributed by atoms with van der Waals surface area (Å²) >= 11 is 4.11. The predicted octanol–water partition coefficient (Wildman–Crippen LogP) is 6.74. The van der Waals surface area contributed by atoms with Gasteiger partial charge in [0.15, 0.2) is 0 Å². The summed E-state index contributed by atoms with van der Waals surface area (Å²) in [5.74, 6) is -3.33. The molecule has 1 aromatic carbocycles. The highest BCUT2D eigenvalue weighted by Crippen LogP contribution is 2.41. The number of pyridine rings is 1. The quantitative estimate of drug-likeness (QED) is 0.257. The molecule has 0 unspecified atom stereocenters. The van der Waals surface area contributed by atoms with Crippen LogP contribution < -0.4 is 5.32 Å². The molecule has 5 nitrogen and oxygen atoms in total. The number of anilines is 1. The number of alkyl halides is 3. The van der Waals surface area contributed by atoms with Gasteiger partial charge in [0.25, 0.3) is 11.8 Å². The number of carbonyl (C=O) groups is 1. The normalized spacial score (nSPS) is 19.6. The van der Waals surface area contributed by atoms with E-state index in [9.17, 15) is 18.7 Å². The number of nitrogens with zero attached hydrogens (tertiary/aromatic N) is 2. The number of aromatic nitrogens is 2. The lowest BCUT2D eigenvalue weighted by molar-refractivity contribution is 0.0126. The van der Waals surface area contributed by atoms with Crippen molar-refractivity contribution < 1.29 is 18.7 Å². The second-order valence-electron chi connectivity index (χ2n) is 9.18. The number of thiazole rings is 1. The number of hydrogen-bond acceptors (Lipinski definition) is 5. The van der Waals surface area contributed by atoms with Gasteiger partial charge in [-0.15, -0.1) is 11.3 Å². The topological polar surface area (TPSA) is 75.1 Å². The van der Waals surface area contributed by atoms with E-state index >= 15 is 0 Å². The van der Waals surface area contributed by atoms with Crippen molar-refractivity contribution in [3.8, 4) is 0 Å². The van der Waals surface area contributed by atoms with E-state index in [1.165, 1.54) is 31.0 Å². The van der Waals surface area contributed by atoms with Crippen LogP contribution >= 0.6 is 33.9 Å². The summed E-state index contributed by atoms with van der Waals surface area (Å²) < 4.78 is 29.0. The number of amides is 1. The van der Waals surface area contributed by atoms with Crippen LogP contribution in [0.1, 0.15) is 79.1 Å². The van der Waals surface area contributed by atoms with Gasteiger partial charge in [-0.25, -0.2) is 9.97 Å². The van der Waals surface area contributed by atoms with Crippen molar-refractivity contribution in [3.63, 3.8) is 0 Å². The number of fused-ring (bicyclic) bond motifs is 1. The molecule has 4 rings (SSSR count). The number of nitrogens with one attached hydrogen (secondary N) is 1. The van der Waals surface area contributed by atoms with Crippen molar-refractivity contribution in [1.29, 1.82) is 0 Å². The lowest BCUT2D eigenvalue weighted by Gasteiger charge is -2.23. The molecule has 3 aromatic rings. The lowest BCUT2D eigenvalue weighted by atomic mass is 9.90. The highest BCUT2D eigenvalue weighted by Gasteiger charge is 2.29. The van der Waals surface area contributed by atoms with Gasteiger partial charge in [0.1, 0.15) is 11.4 Å². The predicted molar refractivity (Wildman–Crippen MR) is 136 cm³/mol. The Morgan fingerprint density at radius 3 is 2.48 bits per heavy atom. The maximum atomic E-state index is 13.7. The summed E-state index contributed by atoms with van der Waals surface area (Å²) in [6.45, 7) is 4.01. The van der Waals surface area contributed by atoms with E-state index in [1.807, 2.05) is 6.07 Å². The van der Waals surface area contributed by atoms with Crippen LogP contribution in [0.3, 0.4) is 0 Å². The molecule has 1 fully saturated rings. The Balaban J connectivity index is 1.68. The van der Waals surface area contributed by atoms with E-state index in [0.717, 1.165) is 38.9 Å². The van der Waals surface area contributed by atoms with Crippen LogP contribution in [-0.4, -0.2) is 24.9 Å². The van der Waals surface area contributed by atoms with Crippen LogP contribution in [-0.2, 0) is 11.5 Å². The first kappa shape index (κ1) is 24.4. The van der Waals surface area contributed by atoms with Crippen molar-refractivity contribution in [2.75, 3.05) is 5.32 Å². The standard InChI is InChI=1S/C24H26F2IN3O2S/c1-23(2,32)15-11-18-19(33-22(30-18)13-7-9-14(27)10-8-13)12-17(15)29-21(31)16-5-4-6-20(28-16)24(3,25)26/h4-6,11-14,32H,7-10H2,1-3H3,(H,29,31)/t13-,14-. The van der Waals surface area contributed by atoms with E-state index in [1.54, 1.807) is 31.3 Å². The molecule has 176 valence electrons. The molecule has 0 bridgehead atoms. The zero-order valence-corrected chi connectivity index (χ0v) is 21.6. The van der Waals surface area contributed by atoms with Gasteiger partial charge >= 0.3 is 0 Å². The molecule has 0 radical (unpaired) electrons. The number of rotatable bonds is 5. The molecule has 0 saturated heterocycles. The second kappa shape index (κ2) is 9.14. The number of halogens is 3. The molecular formula is C24H26F2IN3O2S. The van der Waals surface area contributed by atoms with E-state index in [-0.39, 0.29) is 5.69 Å². The number of carbonyl (C=O) groups excluding carboxylic acids is 1. The monoisotopic (exact) mass is 585 g/mol. The third-order valence-electron chi connectivity index (χ3n) is 5.89. The van der Waals surface area contributed by atoms with Crippen LogP contribution in [0.15, 0.2) is 30.3 Å². The zero-order valence-electron chi connectivity index (χ0n) is 18.7. The van der Waals surface area contributed by atoms with Gasteiger partial charge in [0, 0.05) is 28.0 Å². The van der Waals surface area contributed by atoms with Crippen molar-refractivity contribution in [1.82, 2.24) is 9.97 Å². The summed E-state index contributed by atoms with van der Waals surface area (Å²) in [6.07, 6.45) is 4.58. The van der Waals surface area contributed by atoms with Crippen LogP contribution in [0.5, 0.6) is 0 Å². The van der Waals surface area contributed by atoms with Crippen LogP contribution in [0.2, 0.25) is 0 Å². The maximum Gasteiger partial charge on any atom is 0.287 e. The molecule has 1 aliphatic rings. The first-order valence-electron chi connectivity index (χ1n) is 10.9. The Morgan fingerprint density at radius 2 is 1.85 bits per heavy atom. The van der Waals surface area contributed by atoms with E-state index in [0.29, 0.717) is 17.2 Å². The molecule has 1 aliphatic carbocycles. The molecule has 1 amide bonds. The number of aliphatic hydroxyl groups is 1. The fourth-order valence-corrected chi connectivity index (χ4v) is 5.94. The van der Waals surface area contributed by atoms with Gasteiger partial charge in [0.05, 0.1) is 20.8 Å². The Bertz CT molecular complexity index is 1180. The SMILES string of the molecule is CC(C)(O)c1cc2nc([C@H]3CC[C@H](I)CC3)sc2cc1NC(=O)c1cccc(C(C)(F)F)n1. The molecular weight excluding hydrogens is 559 g/mol. The summed E-state index contributed by atoms with van der Waals surface area (Å²) in [5, 5.41) is 14.6. The lowest BCUT2D eigenvalue weighted by Crippen LogP contribution is -2.22. The molecule has 2 N–H and O–H groups in total. The average Bonchev–Trinajstić information content (AvgIpc) is 3.15. The van der Waals surface area contributed by atoms with E-state index < -0.39 is 23.1 Å². The second-order valence-corrected chi connectivity index (χ2v) is 12.0. The van der Waals surface area contributed by atoms with Crippen LogP contribution in [0.25, 0.3) is 10.2 Å². The molecule has 1 saturated carbocycles. The zero-order chi connectivity index (χ0) is 24.0. The molecule has 0 aliphatic heterocycles. The minimum absolute atomic E-state index is 0.114. The molecule has 0 atom stereocenters. The minimum atomic E-state index is -3.15. The van der Waals surface area contributed by atoms with Crippen LogP contribution in [0, 0.1) is 0 Å². The summed E-state index contributed by atoms with van der Waals surface area (Å²) in [4.78, 5) is 21.6. The van der Waals surface area contributed by atoms with Gasteiger partial charge in [0.2, 0.25) is 0 Å². The number of hydrogen-bond donors (Lipinski definition) is 2. The Hall–Kier alpha value is -1.72. The van der Waals surface area contributed by atoms with Crippen molar-refractivity contribution in [3.05, 3.63) is 52.3 Å². The van der Waals surface area contributed by atoms with Gasteiger partial charge in [-0.1, -0.05) is 28.7 Å². The first-order valence-corrected chi connectivity index (χ1v) is 13.0. The van der Waals surface area contributed by atoms with Crippen molar-refractivity contribution in [2.45, 2.75) is 67.8 Å². The third-order valence-corrected chi connectivity index (χ3v) is 8.32. The van der Waals surface area contributed by atoms with E-state index in [4.69, 9.17) is 4.98 Å². The summed E-state index contributed by atoms with van der Waals surface area (Å²) in [7, 11) is 0. The Labute approximate surface area is 209 Å². The van der Waals surface area contributed by atoms with Gasteiger partial charge in [-0.2, -0.15) is 8.78 Å². The molecule has 33 heavy (non-hydrogen) atoms. The fourth-order valence-electron chi connectivity index (χ4n) is 4.07. The summed E-state index contributed by atoms with van der Waals surface area (Å²) in [6, 6.07) is 7.58. The molecule has 9 heteroatoms. The molecule has 0 spiro atoms. The number of benzene rings is 1. The van der Waals surface area contributed by atoms with Gasteiger partial charge < -0.3 is 10.4 Å².